The zero-order chi connectivity index (χ0) is 15.5. The molecular weight excluding hydrogens is 276 g/mol. The maximum atomic E-state index is 9.08. The highest BCUT2D eigenvalue weighted by Crippen LogP contribution is 2.24. The minimum atomic E-state index is -0.0311. The molecule has 4 heteroatoms. The molecule has 1 saturated heterocycles. The Morgan fingerprint density at radius 1 is 1.14 bits per heavy atom. The Kier molecular flexibility index (Phi) is 4.50. The molecule has 1 aromatic heterocycles. The Morgan fingerprint density at radius 3 is 2.59 bits per heavy atom. The summed E-state index contributed by atoms with van der Waals surface area (Å²) < 4.78 is 5.61. The Bertz CT molecular complexity index is 623. The molecule has 2 aromatic rings. The molecule has 0 spiro atoms. The van der Waals surface area contributed by atoms with E-state index < -0.39 is 0 Å². The highest BCUT2D eigenvalue weighted by molar-refractivity contribution is 5.53. The van der Waals surface area contributed by atoms with E-state index in [9.17, 15) is 0 Å². The minimum Gasteiger partial charge on any atom is -0.462 e. The van der Waals surface area contributed by atoms with Crippen LogP contribution in [0.5, 0.6) is 0 Å². The average molecular weight is 300 g/mol. The SMILES string of the molecule is Cc1ccccc1N1CCN(Cc2ccc(CO)o2)[C@H](C)C1. The monoisotopic (exact) mass is 300 g/mol. The van der Waals surface area contributed by atoms with E-state index in [0.29, 0.717) is 11.8 Å². The van der Waals surface area contributed by atoms with E-state index in [4.69, 9.17) is 9.52 Å². The molecule has 4 nitrogen and oxygen atoms in total. The Morgan fingerprint density at radius 2 is 1.91 bits per heavy atom. The molecule has 1 aliphatic rings. The van der Waals surface area contributed by atoms with Gasteiger partial charge in [-0.2, -0.15) is 0 Å². The van der Waals surface area contributed by atoms with Crippen molar-refractivity contribution >= 4 is 5.69 Å². The fraction of sp³-hybridized carbons (Fsp3) is 0.444. The van der Waals surface area contributed by atoms with E-state index >= 15 is 0 Å². The summed E-state index contributed by atoms with van der Waals surface area (Å²) in [7, 11) is 0. The third-order valence-electron chi connectivity index (χ3n) is 4.45. The zero-order valence-corrected chi connectivity index (χ0v) is 13.3. The van der Waals surface area contributed by atoms with Crippen LogP contribution in [0.3, 0.4) is 0 Å². The molecule has 1 N–H and O–H groups in total. The number of hydrogen-bond donors (Lipinski definition) is 1. The van der Waals surface area contributed by atoms with Crippen LogP contribution < -0.4 is 4.90 Å². The zero-order valence-electron chi connectivity index (χ0n) is 13.3. The van der Waals surface area contributed by atoms with Crippen LogP contribution in [0.4, 0.5) is 5.69 Å². The molecule has 1 aliphatic heterocycles. The van der Waals surface area contributed by atoms with E-state index in [1.165, 1.54) is 11.3 Å². The summed E-state index contributed by atoms with van der Waals surface area (Å²) in [4.78, 5) is 4.91. The topological polar surface area (TPSA) is 39.9 Å². The lowest BCUT2D eigenvalue weighted by molar-refractivity contribution is 0.163. The van der Waals surface area contributed by atoms with Crippen LogP contribution in [-0.4, -0.2) is 35.7 Å². The number of benzene rings is 1. The Hall–Kier alpha value is -1.78. The van der Waals surface area contributed by atoms with Crippen molar-refractivity contribution in [2.75, 3.05) is 24.5 Å². The quantitative estimate of drug-likeness (QED) is 0.942. The van der Waals surface area contributed by atoms with Gasteiger partial charge in [-0.3, -0.25) is 4.90 Å². The summed E-state index contributed by atoms with van der Waals surface area (Å²) in [6, 6.07) is 12.9. The van der Waals surface area contributed by atoms with Gasteiger partial charge in [0.1, 0.15) is 18.1 Å². The van der Waals surface area contributed by atoms with Crippen LogP contribution in [0.15, 0.2) is 40.8 Å². The summed E-state index contributed by atoms with van der Waals surface area (Å²) in [5.74, 6) is 1.57. The van der Waals surface area contributed by atoms with Crippen molar-refractivity contribution in [2.45, 2.75) is 33.0 Å². The van der Waals surface area contributed by atoms with Gasteiger partial charge >= 0.3 is 0 Å². The van der Waals surface area contributed by atoms with Gasteiger partial charge in [0.2, 0.25) is 0 Å². The maximum absolute atomic E-state index is 9.08. The number of nitrogens with zero attached hydrogens (tertiary/aromatic N) is 2. The minimum absolute atomic E-state index is 0.0311. The van der Waals surface area contributed by atoms with Crippen LogP contribution in [0.25, 0.3) is 0 Å². The number of piperazine rings is 1. The van der Waals surface area contributed by atoms with Crippen molar-refractivity contribution in [1.29, 1.82) is 0 Å². The van der Waals surface area contributed by atoms with Crippen molar-refractivity contribution in [3.63, 3.8) is 0 Å². The number of para-hydroxylation sites is 1. The van der Waals surface area contributed by atoms with Crippen molar-refractivity contribution in [1.82, 2.24) is 4.90 Å². The lowest BCUT2D eigenvalue weighted by Gasteiger charge is -2.41. The molecular formula is C18H24N2O2. The first kappa shape index (κ1) is 15.1. The molecule has 0 unspecified atom stereocenters. The lowest BCUT2D eigenvalue weighted by atomic mass is 10.1. The van der Waals surface area contributed by atoms with Gasteiger partial charge in [0.15, 0.2) is 0 Å². The van der Waals surface area contributed by atoms with Gasteiger partial charge in [0, 0.05) is 31.4 Å². The van der Waals surface area contributed by atoms with Crippen LogP contribution in [-0.2, 0) is 13.2 Å². The Labute approximate surface area is 132 Å². The van der Waals surface area contributed by atoms with Crippen molar-refractivity contribution in [3.05, 3.63) is 53.5 Å². The van der Waals surface area contributed by atoms with Crippen molar-refractivity contribution < 1.29 is 9.52 Å². The lowest BCUT2D eigenvalue weighted by Crippen LogP contribution is -2.51. The largest absolute Gasteiger partial charge is 0.462 e. The van der Waals surface area contributed by atoms with Gasteiger partial charge < -0.3 is 14.4 Å². The van der Waals surface area contributed by atoms with Crippen LogP contribution >= 0.6 is 0 Å². The second-order valence-corrected chi connectivity index (χ2v) is 6.08. The number of aliphatic hydroxyl groups excluding tert-OH is 1. The first-order chi connectivity index (χ1) is 10.7. The number of furan rings is 1. The summed E-state index contributed by atoms with van der Waals surface area (Å²) in [6.07, 6.45) is 0. The molecule has 0 aliphatic carbocycles. The molecule has 1 atom stereocenters. The fourth-order valence-electron chi connectivity index (χ4n) is 3.16. The standard InChI is InChI=1S/C18H24N2O2/c1-14-5-3-4-6-18(14)20-10-9-19(15(2)11-20)12-16-7-8-17(13-21)22-16/h3-8,15,21H,9-13H2,1-2H3/t15-/m1/s1. The van der Waals surface area contributed by atoms with Crippen LogP contribution in [0.2, 0.25) is 0 Å². The van der Waals surface area contributed by atoms with Crippen LogP contribution in [0.1, 0.15) is 24.0 Å². The number of aliphatic hydroxyl groups is 1. The summed E-state index contributed by atoms with van der Waals surface area (Å²) in [5, 5.41) is 9.08. The van der Waals surface area contributed by atoms with E-state index in [0.717, 1.165) is 31.9 Å². The van der Waals surface area contributed by atoms with Crippen molar-refractivity contribution in [3.8, 4) is 0 Å². The Balaban J connectivity index is 1.64. The predicted octanol–water partition coefficient (Wildman–Crippen LogP) is 2.79. The molecule has 0 radical (unpaired) electrons. The number of hydrogen-bond acceptors (Lipinski definition) is 4. The molecule has 0 amide bonds. The summed E-state index contributed by atoms with van der Waals surface area (Å²) in [5.41, 5.74) is 2.68. The molecule has 1 fully saturated rings. The van der Waals surface area contributed by atoms with E-state index in [1.807, 2.05) is 12.1 Å². The average Bonchev–Trinajstić information content (AvgIpc) is 2.98. The second kappa shape index (κ2) is 6.55. The van der Waals surface area contributed by atoms with Gasteiger partial charge in [0.25, 0.3) is 0 Å². The van der Waals surface area contributed by atoms with E-state index in [-0.39, 0.29) is 6.61 Å². The van der Waals surface area contributed by atoms with E-state index in [1.54, 1.807) is 0 Å². The van der Waals surface area contributed by atoms with Gasteiger partial charge in [-0.25, -0.2) is 0 Å². The fourth-order valence-corrected chi connectivity index (χ4v) is 3.16. The number of anilines is 1. The molecule has 3 rings (SSSR count). The third kappa shape index (κ3) is 3.18. The molecule has 1 aromatic carbocycles. The molecule has 0 bridgehead atoms. The van der Waals surface area contributed by atoms with Gasteiger partial charge in [-0.05, 0) is 37.6 Å². The van der Waals surface area contributed by atoms with Crippen molar-refractivity contribution in [2.24, 2.45) is 0 Å². The highest BCUT2D eigenvalue weighted by Gasteiger charge is 2.25. The first-order valence-corrected chi connectivity index (χ1v) is 7.90. The molecule has 0 saturated carbocycles. The first-order valence-electron chi connectivity index (χ1n) is 7.90. The third-order valence-corrected chi connectivity index (χ3v) is 4.45. The van der Waals surface area contributed by atoms with Gasteiger partial charge in [-0.15, -0.1) is 0 Å². The second-order valence-electron chi connectivity index (χ2n) is 6.08. The van der Waals surface area contributed by atoms with Crippen LogP contribution in [0, 0.1) is 6.92 Å². The molecule has 118 valence electrons. The molecule has 22 heavy (non-hydrogen) atoms. The van der Waals surface area contributed by atoms with E-state index in [2.05, 4.69) is 47.9 Å². The highest BCUT2D eigenvalue weighted by atomic mass is 16.4. The van der Waals surface area contributed by atoms with Gasteiger partial charge in [-0.1, -0.05) is 18.2 Å². The maximum Gasteiger partial charge on any atom is 0.129 e. The summed E-state index contributed by atoms with van der Waals surface area (Å²) in [6.45, 7) is 8.29. The number of aryl methyl sites for hydroxylation is 1. The summed E-state index contributed by atoms with van der Waals surface area (Å²) >= 11 is 0. The normalized spacial score (nSPS) is 19.6. The number of rotatable bonds is 4. The molecule has 2 heterocycles. The smallest absolute Gasteiger partial charge is 0.129 e. The predicted molar refractivity (Wildman–Crippen MR) is 87.9 cm³/mol. The van der Waals surface area contributed by atoms with Gasteiger partial charge in [0.05, 0.1) is 6.54 Å².